The lowest BCUT2D eigenvalue weighted by Crippen LogP contribution is -2.22. The van der Waals surface area contributed by atoms with Crippen molar-refractivity contribution in [3.8, 4) is 5.75 Å². The van der Waals surface area contributed by atoms with Gasteiger partial charge in [0, 0.05) is 34.3 Å². The molecule has 0 saturated carbocycles. The number of anilines is 1. The summed E-state index contributed by atoms with van der Waals surface area (Å²) in [6.07, 6.45) is 2.42. The van der Waals surface area contributed by atoms with Crippen LogP contribution < -0.4 is 15.6 Å². The molecule has 4 aromatic rings. The molecule has 12 heteroatoms. The zero-order chi connectivity index (χ0) is 27.2. The van der Waals surface area contributed by atoms with Gasteiger partial charge in [-0.2, -0.15) is 9.78 Å². The Balaban J connectivity index is 1.66. The van der Waals surface area contributed by atoms with Crippen LogP contribution in [0, 0.1) is 15.9 Å². The first-order valence-electron chi connectivity index (χ1n) is 11.5. The van der Waals surface area contributed by atoms with E-state index in [0.717, 1.165) is 10.7 Å². The van der Waals surface area contributed by atoms with Gasteiger partial charge in [-0.3, -0.25) is 19.7 Å². The number of nitro groups is 1. The average molecular weight is 582 g/mol. The summed E-state index contributed by atoms with van der Waals surface area (Å²) < 4.78 is 20.8. The van der Waals surface area contributed by atoms with Gasteiger partial charge >= 0.3 is 0 Å². The quantitative estimate of drug-likeness (QED) is 0.167. The van der Waals surface area contributed by atoms with E-state index >= 15 is 0 Å². The number of nitrogens with zero attached hydrogens (tertiary/aromatic N) is 4. The van der Waals surface area contributed by atoms with Gasteiger partial charge in [0.15, 0.2) is 6.61 Å². The molecule has 1 heterocycles. The van der Waals surface area contributed by atoms with Crippen LogP contribution in [-0.4, -0.2) is 33.3 Å². The van der Waals surface area contributed by atoms with E-state index < -0.39 is 28.8 Å². The van der Waals surface area contributed by atoms with Crippen molar-refractivity contribution in [2.45, 2.75) is 19.8 Å². The molecule has 0 aliphatic carbocycles. The van der Waals surface area contributed by atoms with Crippen LogP contribution in [-0.2, 0) is 11.2 Å². The molecule has 4 rings (SSSR count). The number of halogens is 2. The Bertz CT molecular complexity index is 1620. The summed E-state index contributed by atoms with van der Waals surface area (Å²) in [7, 11) is 0. The number of benzene rings is 3. The van der Waals surface area contributed by atoms with E-state index in [2.05, 4.69) is 31.3 Å². The molecule has 0 aliphatic heterocycles. The van der Waals surface area contributed by atoms with Crippen LogP contribution >= 0.6 is 15.9 Å². The highest BCUT2D eigenvalue weighted by atomic mass is 79.9. The maximum Gasteiger partial charge on any atom is 0.282 e. The molecule has 0 radical (unpaired) electrons. The fourth-order valence-corrected chi connectivity index (χ4v) is 3.97. The fraction of sp³-hybridized carbons (Fsp3) is 0.154. The summed E-state index contributed by atoms with van der Waals surface area (Å²) in [5.74, 6) is -0.533. The molecule has 0 bridgehead atoms. The van der Waals surface area contributed by atoms with Gasteiger partial charge < -0.3 is 10.1 Å². The molecular weight excluding hydrogens is 561 g/mol. The number of hydrogen-bond donors (Lipinski definition) is 1. The van der Waals surface area contributed by atoms with Crippen LogP contribution in [0.5, 0.6) is 5.75 Å². The fourth-order valence-electron chi connectivity index (χ4n) is 3.61. The van der Waals surface area contributed by atoms with Crippen molar-refractivity contribution in [2.24, 2.45) is 5.10 Å². The van der Waals surface area contributed by atoms with E-state index in [1.807, 2.05) is 6.92 Å². The van der Waals surface area contributed by atoms with Crippen molar-refractivity contribution >= 4 is 50.3 Å². The number of carbonyl (C=O) groups is 1. The molecule has 10 nitrogen and oxygen atoms in total. The molecule has 1 aromatic heterocycles. The van der Waals surface area contributed by atoms with Gasteiger partial charge in [0.1, 0.15) is 17.4 Å². The molecule has 0 fully saturated rings. The Morgan fingerprint density at radius 1 is 1.24 bits per heavy atom. The minimum Gasteiger partial charge on any atom is -0.483 e. The Hall–Kier alpha value is -4.45. The number of fused-ring (bicyclic) bond motifs is 1. The topological polar surface area (TPSA) is 129 Å². The molecule has 0 atom stereocenters. The second-order valence-electron chi connectivity index (χ2n) is 8.13. The lowest BCUT2D eigenvalue weighted by atomic mass is 10.2. The number of carbonyl (C=O) groups excluding carboxylic acids is 1. The molecule has 0 spiro atoms. The van der Waals surface area contributed by atoms with Crippen molar-refractivity contribution in [1.29, 1.82) is 0 Å². The Morgan fingerprint density at radius 3 is 2.79 bits per heavy atom. The van der Waals surface area contributed by atoms with Crippen LogP contribution in [0.3, 0.4) is 0 Å². The predicted octanol–water partition coefficient (Wildman–Crippen LogP) is 5.06. The van der Waals surface area contributed by atoms with E-state index in [9.17, 15) is 24.1 Å². The van der Waals surface area contributed by atoms with Gasteiger partial charge in [-0.25, -0.2) is 9.37 Å². The van der Waals surface area contributed by atoms with Crippen LogP contribution in [0.25, 0.3) is 10.9 Å². The summed E-state index contributed by atoms with van der Waals surface area (Å²) in [6, 6.07) is 14.3. The number of non-ortho nitro benzene ring substituents is 1. The average Bonchev–Trinajstić information content (AvgIpc) is 2.88. The molecule has 38 heavy (non-hydrogen) atoms. The second kappa shape index (κ2) is 11.7. The minimum atomic E-state index is -0.582. The third-order valence-electron chi connectivity index (χ3n) is 5.33. The largest absolute Gasteiger partial charge is 0.483 e. The van der Waals surface area contributed by atoms with Crippen molar-refractivity contribution < 1.29 is 18.8 Å². The number of aromatic nitrogens is 2. The lowest BCUT2D eigenvalue weighted by Gasteiger charge is -2.11. The first-order chi connectivity index (χ1) is 18.2. The summed E-state index contributed by atoms with van der Waals surface area (Å²) >= 11 is 3.35. The van der Waals surface area contributed by atoms with Crippen molar-refractivity contribution in [3.63, 3.8) is 0 Å². The second-order valence-corrected chi connectivity index (χ2v) is 9.04. The normalized spacial score (nSPS) is 11.1. The lowest BCUT2D eigenvalue weighted by molar-refractivity contribution is -0.384. The first-order valence-corrected chi connectivity index (χ1v) is 12.3. The zero-order valence-electron chi connectivity index (χ0n) is 20.1. The van der Waals surface area contributed by atoms with Crippen molar-refractivity contribution in [3.05, 3.63) is 103 Å². The molecule has 194 valence electrons. The molecule has 0 saturated heterocycles. The van der Waals surface area contributed by atoms with Gasteiger partial charge in [0.25, 0.3) is 17.2 Å². The van der Waals surface area contributed by atoms with E-state index in [4.69, 9.17) is 4.74 Å². The van der Waals surface area contributed by atoms with Gasteiger partial charge in [0.05, 0.1) is 22.0 Å². The van der Waals surface area contributed by atoms with Crippen LogP contribution in [0.4, 0.5) is 15.8 Å². The standard InChI is InChI=1S/C26H21BrFN5O5/c1-2-4-24-31-22-9-7-17(27)12-21(22)26(35)32(24)29-14-16-11-20(33(36)37)8-10-23(16)38-15-25(34)30-19-6-3-5-18(28)13-19/h3,5-14H,2,4,15H2,1H3,(H,30,34). The maximum absolute atomic E-state index is 13.4. The molecule has 3 aromatic carbocycles. The summed E-state index contributed by atoms with van der Waals surface area (Å²) in [6.45, 7) is 1.48. The van der Waals surface area contributed by atoms with E-state index in [0.29, 0.717) is 34.0 Å². The van der Waals surface area contributed by atoms with Crippen LogP contribution in [0.15, 0.2) is 75.0 Å². The van der Waals surface area contributed by atoms with Crippen LogP contribution in [0.1, 0.15) is 24.7 Å². The highest BCUT2D eigenvalue weighted by Gasteiger charge is 2.14. The summed E-state index contributed by atoms with van der Waals surface area (Å²) in [5.41, 5.74) is 0.309. The van der Waals surface area contributed by atoms with Gasteiger partial charge in [-0.15, -0.1) is 0 Å². The van der Waals surface area contributed by atoms with Crippen LogP contribution in [0.2, 0.25) is 0 Å². The number of rotatable bonds is 9. The van der Waals surface area contributed by atoms with E-state index in [1.165, 1.54) is 42.6 Å². The number of amides is 1. The number of nitro benzene ring substituents is 1. The summed E-state index contributed by atoms with van der Waals surface area (Å²) in [4.78, 5) is 40.9. The SMILES string of the molecule is CCCc1nc2ccc(Br)cc2c(=O)n1N=Cc1cc([N+](=O)[O-])ccc1OCC(=O)Nc1cccc(F)c1. The third-order valence-corrected chi connectivity index (χ3v) is 5.83. The highest BCUT2D eigenvalue weighted by Crippen LogP contribution is 2.23. The smallest absolute Gasteiger partial charge is 0.282 e. The van der Waals surface area contributed by atoms with Gasteiger partial charge in [-0.1, -0.05) is 28.9 Å². The minimum absolute atomic E-state index is 0.121. The molecule has 0 aliphatic rings. The third kappa shape index (κ3) is 6.27. The summed E-state index contributed by atoms with van der Waals surface area (Å²) in [5, 5.41) is 18.5. The van der Waals surface area contributed by atoms with Gasteiger partial charge in [-0.05, 0) is 48.9 Å². The zero-order valence-corrected chi connectivity index (χ0v) is 21.6. The first kappa shape index (κ1) is 26.6. The van der Waals surface area contributed by atoms with Gasteiger partial charge in [0.2, 0.25) is 0 Å². The van der Waals surface area contributed by atoms with Crippen molar-refractivity contribution in [1.82, 2.24) is 9.66 Å². The molecule has 1 N–H and O–H groups in total. The van der Waals surface area contributed by atoms with E-state index in [1.54, 1.807) is 18.2 Å². The molecule has 1 amide bonds. The number of hydrogen-bond acceptors (Lipinski definition) is 7. The monoisotopic (exact) mass is 581 g/mol. The Morgan fingerprint density at radius 2 is 2.05 bits per heavy atom. The molecule has 0 unspecified atom stereocenters. The Labute approximate surface area is 224 Å². The van der Waals surface area contributed by atoms with Crippen molar-refractivity contribution in [2.75, 3.05) is 11.9 Å². The molecular formula is C26H21BrFN5O5. The Kier molecular flexibility index (Phi) is 8.22. The number of ether oxygens (including phenoxy) is 1. The highest BCUT2D eigenvalue weighted by molar-refractivity contribution is 9.10. The predicted molar refractivity (Wildman–Crippen MR) is 144 cm³/mol. The van der Waals surface area contributed by atoms with E-state index in [-0.39, 0.29) is 22.7 Å². The number of aryl methyl sites for hydroxylation is 1. The maximum atomic E-state index is 13.4. The number of nitrogens with one attached hydrogen (secondary N) is 1.